The zero-order chi connectivity index (χ0) is 14.1. The molecule has 0 saturated carbocycles. The van der Waals surface area contributed by atoms with Crippen LogP contribution in [-0.2, 0) is 6.42 Å². The van der Waals surface area contributed by atoms with Crippen LogP contribution >= 0.6 is 12.4 Å². The quantitative estimate of drug-likeness (QED) is 0.899. The van der Waals surface area contributed by atoms with Crippen LogP contribution in [0.5, 0.6) is 0 Å². The van der Waals surface area contributed by atoms with E-state index >= 15 is 0 Å². The number of carbonyl (C=O) groups is 1. The predicted octanol–water partition coefficient (Wildman–Crippen LogP) is 3.87. The summed E-state index contributed by atoms with van der Waals surface area (Å²) in [6, 6.07) is 6.90. The molecule has 3 nitrogen and oxygen atoms in total. The zero-order valence-corrected chi connectivity index (χ0v) is 13.7. The van der Waals surface area contributed by atoms with E-state index < -0.39 is 0 Å². The van der Waals surface area contributed by atoms with E-state index in [2.05, 4.69) is 30.1 Å². The van der Waals surface area contributed by atoms with Crippen LogP contribution in [0.15, 0.2) is 18.2 Å². The Kier molecular flexibility index (Phi) is 5.15. The third-order valence-electron chi connectivity index (χ3n) is 4.82. The zero-order valence-electron chi connectivity index (χ0n) is 12.9. The van der Waals surface area contributed by atoms with Crippen molar-refractivity contribution in [3.8, 4) is 0 Å². The summed E-state index contributed by atoms with van der Waals surface area (Å²) in [4.78, 5) is 15.1. The lowest BCUT2D eigenvalue weighted by molar-refractivity contribution is 0.0675. The molecule has 2 unspecified atom stereocenters. The van der Waals surface area contributed by atoms with E-state index in [0.717, 1.165) is 49.9 Å². The van der Waals surface area contributed by atoms with Crippen molar-refractivity contribution in [2.75, 3.05) is 11.9 Å². The number of benzene rings is 1. The van der Waals surface area contributed by atoms with E-state index in [1.807, 2.05) is 12.1 Å². The normalized spacial score (nSPS) is 24.0. The molecule has 0 spiro atoms. The number of fused-ring (bicyclic) bond motifs is 1. The van der Waals surface area contributed by atoms with Crippen LogP contribution in [-0.4, -0.2) is 29.4 Å². The molecule has 0 aromatic heterocycles. The van der Waals surface area contributed by atoms with Gasteiger partial charge in [0.1, 0.15) is 0 Å². The maximum absolute atomic E-state index is 13.0. The Morgan fingerprint density at radius 1 is 1.38 bits per heavy atom. The first kappa shape index (κ1) is 16.2. The molecule has 3 rings (SSSR count). The van der Waals surface area contributed by atoms with E-state index in [0.29, 0.717) is 12.1 Å². The second kappa shape index (κ2) is 6.69. The van der Waals surface area contributed by atoms with Crippen molar-refractivity contribution < 1.29 is 4.79 Å². The van der Waals surface area contributed by atoms with Gasteiger partial charge in [0.05, 0.1) is 0 Å². The molecule has 1 amide bonds. The molecule has 2 aliphatic rings. The Bertz CT molecular complexity index is 518. The number of hydrogen-bond acceptors (Lipinski definition) is 2. The van der Waals surface area contributed by atoms with E-state index in [9.17, 15) is 4.79 Å². The Labute approximate surface area is 133 Å². The number of amides is 1. The fourth-order valence-corrected chi connectivity index (χ4v) is 3.69. The fraction of sp³-hybridized carbons (Fsp3) is 0.588. The molecular weight excluding hydrogens is 284 g/mol. The summed E-state index contributed by atoms with van der Waals surface area (Å²) in [5.41, 5.74) is 3.29. The molecule has 0 aliphatic carbocycles. The standard InChI is InChI=1S/C17H24N2O.ClH/c1-3-13-10-9-12(2)19(13)17(20)15-6-4-8-16-14(15)7-5-11-18-16;/h4,6,8,12-13,18H,3,5,7,9-11H2,1-2H3;1H. The van der Waals surface area contributed by atoms with Gasteiger partial charge in [-0.25, -0.2) is 0 Å². The average Bonchev–Trinajstić information content (AvgIpc) is 2.87. The molecule has 1 aromatic rings. The minimum atomic E-state index is 0. The summed E-state index contributed by atoms with van der Waals surface area (Å²) < 4.78 is 0. The molecule has 1 aromatic carbocycles. The van der Waals surface area contributed by atoms with Crippen LogP contribution in [0.2, 0.25) is 0 Å². The first-order valence-corrected chi connectivity index (χ1v) is 7.90. The lowest BCUT2D eigenvalue weighted by atomic mass is 9.96. The highest BCUT2D eigenvalue weighted by Crippen LogP contribution is 2.31. The van der Waals surface area contributed by atoms with Gasteiger partial charge in [0.15, 0.2) is 0 Å². The van der Waals surface area contributed by atoms with Crippen molar-refractivity contribution in [1.82, 2.24) is 4.90 Å². The Morgan fingerprint density at radius 3 is 2.95 bits per heavy atom. The molecule has 4 heteroatoms. The van der Waals surface area contributed by atoms with Crippen LogP contribution in [0.1, 0.15) is 55.5 Å². The van der Waals surface area contributed by atoms with Gasteiger partial charge < -0.3 is 10.2 Å². The van der Waals surface area contributed by atoms with Gasteiger partial charge in [-0.2, -0.15) is 0 Å². The van der Waals surface area contributed by atoms with Crippen molar-refractivity contribution >= 4 is 24.0 Å². The summed E-state index contributed by atoms with van der Waals surface area (Å²) in [7, 11) is 0. The molecule has 2 heterocycles. The summed E-state index contributed by atoms with van der Waals surface area (Å²) in [6.45, 7) is 5.38. The Morgan fingerprint density at radius 2 is 2.19 bits per heavy atom. The van der Waals surface area contributed by atoms with Gasteiger partial charge in [0.2, 0.25) is 0 Å². The lowest BCUT2D eigenvalue weighted by Gasteiger charge is -2.30. The molecule has 1 saturated heterocycles. The summed E-state index contributed by atoms with van der Waals surface area (Å²) >= 11 is 0. The first-order valence-electron chi connectivity index (χ1n) is 7.90. The topological polar surface area (TPSA) is 32.3 Å². The van der Waals surface area contributed by atoms with Crippen LogP contribution in [0, 0.1) is 0 Å². The molecule has 1 fully saturated rings. The van der Waals surface area contributed by atoms with Crippen LogP contribution < -0.4 is 5.32 Å². The number of nitrogens with zero attached hydrogens (tertiary/aromatic N) is 1. The average molecular weight is 309 g/mol. The number of nitrogens with one attached hydrogen (secondary N) is 1. The van der Waals surface area contributed by atoms with Crippen LogP contribution in [0.25, 0.3) is 0 Å². The minimum Gasteiger partial charge on any atom is -0.385 e. The number of anilines is 1. The predicted molar refractivity (Wildman–Crippen MR) is 89.4 cm³/mol. The highest BCUT2D eigenvalue weighted by Gasteiger charge is 2.34. The van der Waals surface area contributed by atoms with Gasteiger partial charge in [-0.05, 0) is 56.7 Å². The minimum absolute atomic E-state index is 0. The van der Waals surface area contributed by atoms with Crippen molar-refractivity contribution in [3.05, 3.63) is 29.3 Å². The molecular formula is C17H25ClN2O. The highest BCUT2D eigenvalue weighted by molar-refractivity contribution is 5.97. The lowest BCUT2D eigenvalue weighted by Crippen LogP contribution is -2.40. The molecule has 21 heavy (non-hydrogen) atoms. The molecule has 1 N–H and O–H groups in total. The first-order chi connectivity index (χ1) is 9.72. The number of hydrogen-bond donors (Lipinski definition) is 1. The van der Waals surface area contributed by atoms with E-state index in [1.165, 1.54) is 5.56 Å². The van der Waals surface area contributed by atoms with E-state index in [1.54, 1.807) is 0 Å². The SMILES string of the molecule is CCC1CCC(C)N1C(=O)c1cccc2c1CCCN2.Cl. The van der Waals surface area contributed by atoms with Crippen LogP contribution in [0.4, 0.5) is 5.69 Å². The van der Waals surface area contributed by atoms with Gasteiger partial charge in [-0.1, -0.05) is 13.0 Å². The third kappa shape index (κ3) is 2.89. The second-order valence-corrected chi connectivity index (χ2v) is 6.06. The monoisotopic (exact) mass is 308 g/mol. The largest absolute Gasteiger partial charge is 0.385 e. The molecule has 116 valence electrons. The fourth-order valence-electron chi connectivity index (χ4n) is 3.69. The van der Waals surface area contributed by atoms with E-state index in [4.69, 9.17) is 0 Å². The Balaban J connectivity index is 0.00000161. The van der Waals surface area contributed by atoms with Gasteiger partial charge in [0.25, 0.3) is 5.91 Å². The van der Waals surface area contributed by atoms with Crippen molar-refractivity contribution in [3.63, 3.8) is 0 Å². The number of carbonyl (C=O) groups excluding carboxylic acids is 1. The highest BCUT2D eigenvalue weighted by atomic mass is 35.5. The molecule has 2 atom stereocenters. The summed E-state index contributed by atoms with van der Waals surface area (Å²) in [6.07, 6.45) is 5.48. The summed E-state index contributed by atoms with van der Waals surface area (Å²) in [5.74, 6) is 0.238. The van der Waals surface area contributed by atoms with Crippen molar-refractivity contribution in [2.45, 2.75) is 58.0 Å². The van der Waals surface area contributed by atoms with Crippen molar-refractivity contribution in [2.24, 2.45) is 0 Å². The molecule has 0 radical (unpaired) electrons. The molecule has 0 bridgehead atoms. The second-order valence-electron chi connectivity index (χ2n) is 6.06. The van der Waals surface area contributed by atoms with Gasteiger partial charge in [0, 0.05) is 29.9 Å². The summed E-state index contributed by atoms with van der Waals surface area (Å²) in [5, 5.41) is 3.41. The maximum atomic E-state index is 13.0. The Hall–Kier alpha value is -1.22. The van der Waals surface area contributed by atoms with Gasteiger partial charge in [-0.3, -0.25) is 4.79 Å². The number of halogens is 1. The van der Waals surface area contributed by atoms with Crippen LogP contribution in [0.3, 0.4) is 0 Å². The van der Waals surface area contributed by atoms with Gasteiger partial charge in [-0.15, -0.1) is 12.4 Å². The van der Waals surface area contributed by atoms with Crippen molar-refractivity contribution in [1.29, 1.82) is 0 Å². The number of likely N-dealkylation sites (tertiary alicyclic amines) is 1. The molecule has 2 aliphatic heterocycles. The van der Waals surface area contributed by atoms with Gasteiger partial charge >= 0.3 is 0 Å². The number of rotatable bonds is 2. The maximum Gasteiger partial charge on any atom is 0.254 e. The smallest absolute Gasteiger partial charge is 0.254 e. The third-order valence-corrected chi connectivity index (χ3v) is 4.82. The van der Waals surface area contributed by atoms with E-state index in [-0.39, 0.29) is 18.3 Å².